The molecule has 0 radical (unpaired) electrons. The number of hydrogen-bond donors (Lipinski definition) is 1. The lowest BCUT2D eigenvalue weighted by Gasteiger charge is -2.43. The predicted octanol–water partition coefficient (Wildman–Crippen LogP) is 2.54. The zero-order valence-electron chi connectivity index (χ0n) is 18.5. The van der Waals surface area contributed by atoms with Gasteiger partial charge in [0.1, 0.15) is 11.5 Å². The fourth-order valence-electron chi connectivity index (χ4n) is 4.08. The van der Waals surface area contributed by atoms with Crippen LogP contribution in [0.15, 0.2) is 23.2 Å². The maximum Gasteiger partial charge on any atom is 0.193 e. The average molecular weight is 551 g/mol. The molecule has 1 N–H and O–H groups in total. The van der Waals surface area contributed by atoms with E-state index in [-0.39, 0.29) is 29.5 Å². The summed E-state index contributed by atoms with van der Waals surface area (Å²) in [5.74, 6) is 4.89. The van der Waals surface area contributed by atoms with Crippen molar-refractivity contribution in [3.63, 3.8) is 0 Å². The number of methoxy groups -OCH3 is 2. The molecule has 2 saturated heterocycles. The Labute approximate surface area is 201 Å². The molecule has 0 spiro atoms. The van der Waals surface area contributed by atoms with Crippen LogP contribution in [0.3, 0.4) is 0 Å². The van der Waals surface area contributed by atoms with Crippen LogP contribution in [0.1, 0.15) is 12.0 Å². The summed E-state index contributed by atoms with van der Waals surface area (Å²) in [5.41, 5.74) is 1.28. The summed E-state index contributed by atoms with van der Waals surface area (Å²) < 4.78 is 16.4. The van der Waals surface area contributed by atoms with Crippen LogP contribution in [0.25, 0.3) is 0 Å². The molecule has 0 bridgehead atoms. The molecule has 1 unspecified atom stereocenters. The number of rotatable bonds is 7. The zero-order valence-corrected chi connectivity index (χ0v) is 21.6. The van der Waals surface area contributed by atoms with E-state index in [2.05, 4.69) is 27.2 Å². The molecule has 0 aromatic heterocycles. The van der Waals surface area contributed by atoms with Crippen molar-refractivity contribution in [2.45, 2.75) is 18.5 Å². The van der Waals surface area contributed by atoms with Gasteiger partial charge in [0.05, 0.1) is 27.4 Å². The molecule has 2 aliphatic rings. The Morgan fingerprint density at radius 2 is 2.07 bits per heavy atom. The monoisotopic (exact) mass is 550 g/mol. The molecule has 3 rings (SSSR count). The van der Waals surface area contributed by atoms with Gasteiger partial charge in [-0.1, -0.05) is 0 Å². The van der Waals surface area contributed by atoms with E-state index in [0.29, 0.717) is 6.54 Å². The van der Waals surface area contributed by atoms with Crippen molar-refractivity contribution in [2.75, 3.05) is 72.7 Å². The number of benzene rings is 1. The molecule has 7 nitrogen and oxygen atoms in total. The van der Waals surface area contributed by atoms with E-state index < -0.39 is 0 Å². The second kappa shape index (κ2) is 12.2. The summed E-state index contributed by atoms with van der Waals surface area (Å²) >= 11 is 2.05. The molecule has 170 valence electrons. The van der Waals surface area contributed by atoms with Gasteiger partial charge in [0.15, 0.2) is 5.96 Å². The predicted molar refractivity (Wildman–Crippen MR) is 135 cm³/mol. The molecule has 2 fully saturated rings. The van der Waals surface area contributed by atoms with E-state index in [1.165, 1.54) is 12.2 Å². The van der Waals surface area contributed by atoms with Crippen molar-refractivity contribution < 1.29 is 14.2 Å². The SMILES string of the molecule is CN=C(NCC1(N2CCOCC2)CCSC1)N(C)Cc1ccc(OC)cc1OC.I. The van der Waals surface area contributed by atoms with Crippen LogP contribution in [-0.2, 0) is 11.3 Å². The van der Waals surface area contributed by atoms with Crippen LogP contribution in [0.5, 0.6) is 11.5 Å². The standard InChI is InChI=1S/C21H34N4O3S.HI/c1-22-20(24(2)14-17-5-6-18(26-3)13-19(17)27-4)23-15-21(7-12-29-16-21)25-8-10-28-11-9-25;/h5-6,13H,7-12,14-16H2,1-4H3,(H,22,23);1H. The molecule has 0 saturated carbocycles. The minimum atomic E-state index is 0. The number of nitrogens with one attached hydrogen (secondary N) is 1. The van der Waals surface area contributed by atoms with Crippen LogP contribution in [0.4, 0.5) is 0 Å². The highest BCUT2D eigenvalue weighted by Gasteiger charge is 2.40. The molecule has 0 aliphatic carbocycles. The van der Waals surface area contributed by atoms with E-state index >= 15 is 0 Å². The molecule has 0 amide bonds. The van der Waals surface area contributed by atoms with Gasteiger partial charge < -0.3 is 24.4 Å². The van der Waals surface area contributed by atoms with Crippen molar-refractivity contribution in [3.8, 4) is 11.5 Å². The first kappa shape index (κ1) is 25.4. The Morgan fingerprint density at radius 3 is 2.67 bits per heavy atom. The summed E-state index contributed by atoms with van der Waals surface area (Å²) in [5, 5.41) is 3.64. The van der Waals surface area contributed by atoms with Crippen LogP contribution in [0, 0.1) is 0 Å². The van der Waals surface area contributed by atoms with Crippen LogP contribution in [-0.4, -0.2) is 94.0 Å². The molecule has 2 heterocycles. The molecular formula is C21H35IN4O3S. The average Bonchev–Trinajstić information content (AvgIpc) is 3.25. The lowest BCUT2D eigenvalue weighted by molar-refractivity contribution is -0.0121. The summed E-state index contributed by atoms with van der Waals surface area (Å²) in [6.45, 7) is 5.29. The highest BCUT2D eigenvalue weighted by molar-refractivity contribution is 14.0. The Kier molecular flexibility index (Phi) is 10.3. The van der Waals surface area contributed by atoms with Gasteiger partial charge in [-0.15, -0.1) is 24.0 Å². The maximum atomic E-state index is 5.57. The van der Waals surface area contributed by atoms with Crippen LogP contribution in [0.2, 0.25) is 0 Å². The first-order valence-corrected chi connectivity index (χ1v) is 11.3. The fourth-order valence-corrected chi connectivity index (χ4v) is 5.55. The highest BCUT2D eigenvalue weighted by atomic mass is 127. The number of morpholine rings is 1. The zero-order chi connectivity index (χ0) is 20.7. The second-order valence-corrected chi connectivity index (χ2v) is 8.67. The third-order valence-corrected chi connectivity index (χ3v) is 7.05. The first-order valence-electron chi connectivity index (χ1n) is 10.1. The van der Waals surface area contributed by atoms with E-state index in [4.69, 9.17) is 14.2 Å². The smallest absolute Gasteiger partial charge is 0.193 e. The summed E-state index contributed by atoms with van der Waals surface area (Å²) in [6.07, 6.45) is 1.21. The first-order chi connectivity index (χ1) is 14.1. The third-order valence-electron chi connectivity index (χ3n) is 5.82. The van der Waals surface area contributed by atoms with Crippen molar-refractivity contribution in [2.24, 2.45) is 4.99 Å². The lowest BCUT2D eigenvalue weighted by Crippen LogP contribution is -2.60. The minimum Gasteiger partial charge on any atom is -0.497 e. The van der Waals surface area contributed by atoms with E-state index in [1.54, 1.807) is 14.2 Å². The Bertz CT molecular complexity index is 695. The lowest BCUT2D eigenvalue weighted by atomic mass is 9.95. The molecule has 30 heavy (non-hydrogen) atoms. The molecule has 1 aromatic carbocycles. The van der Waals surface area contributed by atoms with Crippen molar-refractivity contribution in [1.82, 2.24) is 15.1 Å². The number of hydrogen-bond acceptors (Lipinski definition) is 6. The summed E-state index contributed by atoms with van der Waals surface area (Å²) in [7, 11) is 7.26. The Hall–Kier alpha value is -0.910. The van der Waals surface area contributed by atoms with Gasteiger partial charge in [-0.05, 0) is 24.3 Å². The van der Waals surface area contributed by atoms with Gasteiger partial charge in [-0.3, -0.25) is 9.89 Å². The number of halogens is 1. The van der Waals surface area contributed by atoms with Crippen LogP contribution >= 0.6 is 35.7 Å². The fraction of sp³-hybridized carbons (Fsp3) is 0.667. The van der Waals surface area contributed by atoms with Gasteiger partial charge in [0.2, 0.25) is 0 Å². The highest BCUT2D eigenvalue weighted by Crippen LogP contribution is 2.33. The summed E-state index contributed by atoms with van der Waals surface area (Å²) in [4.78, 5) is 9.28. The number of nitrogens with zero attached hydrogens (tertiary/aromatic N) is 3. The number of guanidine groups is 1. The third kappa shape index (κ3) is 6.08. The Morgan fingerprint density at radius 1 is 1.30 bits per heavy atom. The van der Waals surface area contributed by atoms with E-state index in [0.717, 1.165) is 61.6 Å². The van der Waals surface area contributed by atoms with Crippen LogP contribution < -0.4 is 14.8 Å². The van der Waals surface area contributed by atoms with Crippen molar-refractivity contribution >= 4 is 41.7 Å². The topological polar surface area (TPSA) is 58.6 Å². The van der Waals surface area contributed by atoms with E-state index in [9.17, 15) is 0 Å². The molecule has 1 atom stereocenters. The number of ether oxygens (including phenoxy) is 3. The minimum absolute atomic E-state index is 0. The largest absolute Gasteiger partial charge is 0.497 e. The van der Waals surface area contributed by atoms with Gasteiger partial charge >= 0.3 is 0 Å². The van der Waals surface area contributed by atoms with Crippen molar-refractivity contribution in [1.29, 1.82) is 0 Å². The molecule has 1 aromatic rings. The van der Waals surface area contributed by atoms with Gasteiger partial charge in [-0.2, -0.15) is 11.8 Å². The van der Waals surface area contributed by atoms with Gasteiger partial charge in [0, 0.05) is 63.2 Å². The quantitative estimate of drug-likeness (QED) is 0.318. The molecule has 9 heteroatoms. The normalized spacial score (nSPS) is 22.3. The molecule has 2 aliphatic heterocycles. The second-order valence-electron chi connectivity index (χ2n) is 7.56. The number of thioether (sulfide) groups is 1. The number of aliphatic imine (C=N–C) groups is 1. The van der Waals surface area contributed by atoms with Gasteiger partial charge in [0.25, 0.3) is 0 Å². The van der Waals surface area contributed by atoms with E-state index in [1.807, 2.05) is 37.0 Å². The molecular weight excluding hydrogens is 515 g/mol. The Balaban J connectivity index is 0.00000320. The summed E-state index contributed by atoms with van der Waals surface area (Å²) in [6, 6.07) is 5.93. The maximum absolute atomic E-state index is 5.57. The van der Waals surface area contributed by atoms with Gasteiger partial charge in [-0.25, -0.2) is 0 Å². The van der Waals surface area contributed by atoms with Crippen molar-refractivity contribution in [3.05, 3.63) is 23.8 Å².